The second kappa shape index (κ2) is 6.52. The van der Waals surface area contributed by atoms with E-state index in [1.165, 1.54) is 5.56 Å². The van der Waals surface area contributed by atoms with Crippen molar-refractivity contribution in [1.82, 2.24) is 19.6 Å². The maximum absolute atomic E-state index is 5.65. The highest BCUT2D eigenvalue weighted by Gasteiger charge is 2.17. The average Bonchev–Trinajstić information content (AvgIpc) is 3.19. The van der Waals surface area contributed by atoms with Gasteiger partial charge in [-0.2, -0.15) is 10.2 Å². The van der Waals surface area contributed by atoms with Crippen LogP contribution in [-0.4, -0.2) is 32.3 Å². The molecule has 22 heavy (non-hydrogen) atoms. The van der Waals surface area contributed by atoms with E-state index >= 15 is 0 Å². The quantitative estimate of drug-likeness (QED) is 0.891. The van der Waals surface area contributed by atoms with E-state index in [0.717, 1.165) is 31.7 Å². The Balaban J connectivity index is 1.58. The van der Waals surface area contributed by atoms with Crippen LogP contribution in [0.1, 0.15) is 51.3 Å². The van der Waals surface area contributed by atoms with Crippen LogP contribution < -0.4 is 5.32 Å². The predicted molar refractivity (Wildman–Crippen MR) is 85.9 cm³/mol. The molecule has 1 saturated heterocycles. The number of rotatable bonds is 6. The first-order chi connectivity index (χ1) is 10.6. The number of hydrogen-bond acceptors (Lipinski definition) is 4. The molecule has 1 N–H and O–H groups in total. The molecule has 3 rings (SSSR count). The fourth-order valence-electron chi connectivity index (χ4n) is 2.73. The van der Waals surface area contributed by atoms with E-state index in [4.69, 9.17) is 4.74 Å². The van der Waals surface area contributed by atoms with Crippen LogP contribution in [0.3, 0.4) is 0 Å². The first kappa shape index (κ1) is 15.1. The van der Waals surface area contributed by atoms with Crippen LogP contribution >= 0.6 is 0 Å². The van der Waals surface area contributed by atoms with Crippen molar-refractivity contribution < 1.29 is 4.74 Å². The van der Waals surface area contributed by atoms with Crippen molar-refractivity contribution >= 4 is 5.69 Å². The van der Waals surface area contributed by atoms with Gasteiger partial charge in [-0.15, -0.1) is 0 Å². The Morgan fingerprint density at radius 3 is 2.82 bits per heavy atom. The lowest BCUT2D eigenvalue weighted by atomic mass is 10.2. The minimum absolute atomic E-state index is 0.202. The lowest BCUT2D eigenvalue weighted by molar-refractivity contribution is 0.0940. The number of nitrogens with one attached hydrogen (secondary N) is 1. The van der Waals surface area contributed by atoms with Gasteiger partial charge in [-0.1, -0.05) is 0 Å². The van der Waals surface area contributed by atoms with Gasteiger partial charge in [-0.05, 0) is 33.6 Å². The van der Waals surface area contributed by atoms with Crippen LogP contribution in [0, 0.1) is 0 Å². The highest BCUT2D eigenvalue weighted by atomic mass is 16.5. The van der Waals surface area contributed by atoms with Gasteiger partial charge in [-0.25, -0.2) is 0 Å². The van der Waals surface area contributed by atoms with Crippen molar-refractivity contribution in [3.05, 3.63) is 30.4 Å². The van der Waals surface area contributed by atoms with Crippen molar-refractivity contribution in [1.29, 1.82) is 0 Å². The zero-order valence-corrected chi connectivity index (χ0v) is 13.6. The molecule has 3 heterocycles. The third-order valence-corrected chi connectivity index (χ3v) is 4.08. The molecule has 0 bridgehead atoms. The van der Waals surface area contributed by atoms with Crippen molar-refractivity contribution in [2.75, 3.05) is 11.9 Å². The van der Waals surface area contributed by atoms with Gasteiger partial charge in [-0.3, -0.25) is 9.36 Å². The Hall–Kier alpha value is -1.82. The molecule has 0 saturated carbocycles. The number of hydrogen-bond donors (Lipinski definition) is 1. The third-order valence-electron chi connectivity index (χ3n) is 4.08. The van der Waals surface area contributed by atoms with Crippen LogP contribution in [0.4, 0.5) is 5.69 Å². The normalized spacial score (nSPS) is 19.7. The summed E-state index contributed by atoms with van der Waals surface area (Å²) in [6.45, 7) is 8.11. The first-order valence-corrected chi connectivity index (χ1v) is 8.06. The molecule has 0 aromatic carbocycles. The molecule has 6 heteroatoms. The minimum Gasteiger partial charge on any atom is -0.376 e. The summed E-state index contributed by atoms with van der Waals surface area (Å²) in [6.07, 6.45) is 10.5. The summed E-state index contributed by atoms with van der Waals surface area (Å²) in [6, 6.07) is 0.586. The molecule has 2 unspecified atom stereocenters. The van der Waals surface area contributed by atoms with E-state index in [1.807, 2.05) is 28.0 Å². The second-order valence-electron chi connectivity index (χ2n) is 6.30. The Morgan fingerprint density at radius 2 is 2.14 bits per heavy atom. The molecule has 0 amide bonds. The first-order valence-electron chi connectivity index (χ1n) is 8.06. The van der Waals surface area contributed by atoms with Gasteiger partial charge < -0.3 is 10.1 Å². The lowest BCUT2D eigenvalue weighted by Crippen LogP contribution is -2.15. The Labute approximate surface area is 131 Å². The zero-order chi connectivity index (χ0) is 15.5. The maximum atomic E-state index is 5.65. The van der Waals surface area contributed by atoms with Crippen LogP contribution in [-0.2, 0) is 11.3 Å². The van der Waals surface area contributed by atoms with Crippen LogP contribution in [0.15, 0.2) is 24.8 Å². The second-order valence-corrected chi connectivity index (χ2v) is 6.30. The van der Waals surface area contributed by atoms with Gasteiger partial charge in [0.2, 0.25) is 0 Å². The van der Waals surface area contributed by atoms with Crippen LogP contribution in [0.25, 0.3) is 0 Å². The highest BCUT2D eigenvalue weighted by Crippen LogP contribution is 2.20. The Morgan fingerprint density at radius 1 is 1.27 bits per heavy atom. The summed E-state index contributed by atoms with van der Waals surface area (Å²) in [7, 11) is 0. The van der Waals surface area contributed by atoms with Crippen LogP contribution in [0.5, 0.6) is 0 Å². The number of aromatic nitrogens is 4. The molecule has 1 aliphatic rings. The molecule has 1 aliphatic heterocycles. The summed E-state index contributed by atoms with van der Waals surface area (Å²) in [4.78, 5) is 0. The molecular weight excluding hydrogens is 278 g/mol. The largest absolute Gasteiger partial charge is 0.376 e. The fourth-order valence-corrected chi connectivity index (χ4v) is 2.73. The molecule has 0 spiro atoms. The van der Waals surface area contributed by atoms with E-state index < -0.39 is 0 Å². The molecule has 1 fully saturated rings. The minimum atomic E-state index is 0.202. The van der Waals surface area contributed by atoms with E-state index in [0.29, 0.717) is 12.1 Å². The van der Waals surface area contributed by atoms with Crippen molar-refractivity contribution in [3.8, 4) is 0 Å². The molecule has 0 aliphatic carbocycles. The van der Waals surface area contributed by atoms with E-state index in [9.17, 15) is 0 Å². The van der Waals surface area contributed by atoms with E-state index in [-0.39, 0.29) is 6.04 Å². The molecule has 2 atom stereocenters. The summed E-state index contributed by atoms with van der Waals surface area (Å²) >= 11 is 0. The Kier molecular flexibility index (Phi) is 4.47. The summed E-state index contributed by atoms with van der Waals surface area (Å²) in [5, 5.41) is 12.3. The molecular formula is C16H25N5O. The van der Waals surface area contributed by atoms with Gasteiger partial charge in [0.15, 0.2) is 0 Å². The SMILES string of the molecule is CC(Nc1cnn(CC2CCCO2)c1)c1cnn(C(C)C)c1. The van der Waals surface area contributed by atoms with Gasteiger partial charge >= 0.3 is 0 Å². The van der Waals surface area contributed by atoms with Gasteiger partial charge in [0.05, 0.1) is 36.8 Å². The molecule has 2 aromatic heterocycles. The topological polar surface area (TPSA) is 56.9 Å². The standard InChI is InChI=1S/C16H25N5O/c1-12(2)21-9-14(7-18-21)13(3)19-15-8-17-20(10-15)11-16-5-4-6-22-16/h7-10,12-13,16,19H,4-6,11H2,1-3H3. The zero-order valence-electron chi connectivity index (χ0n) is 13.6. The van der Waals surface area contributed by atoms with Gasteiger partial charge in [0, 0.05) is 30.6 Å². The molecule has 120 valence electrons. The van der Waals surface area contributed by atoms with Crippen LogP contribution in [0.2, 0.25) is 0 Å². The van der Waals surface area contributed by atoms with E-state index in [1.54, 1.807) is 0 Å². The van der Waals surface area contributed by atoms with Crippen molar-refractivity contribution in [3.63, 3.8) is 0 Å². The number of ether oxygens (including phenoxy) is 1. The third kappa shape index (κ3) is 3.50. The van der Waals surface area contributed by atoms with Crippen molar-refractivity contribution in [2.24, 2.45) is 0 Å². The summed E-state index contributed by atoms with van der Waals surface area (Å²) in [5.74, 6) is 0. The lowest BCUT2D eigenvalue weighted by Gasteiger charge is -2.12. The smallest absolute Gasteiger partial charge is 0.0771 e. The molecule has 0 radical (unpaired) electrons. The van der Waals surface area contributed by atoms with E-state index in [2.05, 4.69) is 42.5 Å². The van der Waals surface area contributed by atoms with Gasteiger partial charge in [0.25, 0.3) is 0 Å². The maximum Gasteiger partial charge on any atom is 0.0771 e. The molecule has 6 nitrogen and oxygen atoms in total. The Bertz CT molecular complexity index is 597. The summed E-state index contributed by atoms with van der Waals surface area (Å²) < 4.78 is 9.59. The fraction of sp³-hybridized carbons (Fsp3) is 0.625. The van der Waals surface area contributed by atoms with Crippen molar-refractivity contribution in [2.45, 2.75) is 58.3 Å². The average molecular weight is 303 g/mol. The monoisotopic (exact) mass is 303 g/mol. The number of nitrogens with zero attached hydrogens (tertiary/aromatic N) is 4. The number of anilines is 1. The molecule has 2 aromatic rings. The van der Waals surface area contributed by atoms with Gasteiger partial charge in [0.1, 0.15) is 0 Å². The predicted octanol–water partition coefficient (Wildman–Crippen LogP) is 3.01. The summed E-state index contributed by atoms with van der Waals surface area (Å²) in [5.41, 5.74) is 2.21. The highest BCUT2D eigenvalue weighted by molar-refractivity contribution is 5.40.